The first-order valence-electron chi connectivity index (χ1n) is 5.28. The van der Waals surface area contributed by atoms with Gasteiger partial charge >= 0.3 is 6.18 Å². The van der Waals surface area contributed by atoms with Gasteiger partial charge in [-0.1, -0.05) is 11.2 Å². The Morgan fingerprint density at radius 1 is 1.57 bits per heavy atom. The average molecular weight is 372 g/mol. The molecule has 1 aromatic rings. The van der Waals surface area contributed by atoms with E-state index >= 15 is 0 Å². The lowest BCUT2D eigenvalue weighted by molar-refractivity contribution is -0.385. The summed E-state index contributed by atoms with van der Waals surface area (Å²) in [7, 11) is 0. The van der Waals surface area contributed by atoms with Crippen LogP contribution in [0.15, 0.2) is 27.8 Å². The molecule has 1 unspecified atom stereocenters. The smallest absolute Gasteiger partial charge is 0.402 e. The highest BCUT2D eigenvalue weighted by Gasteiger charge is 2.43. The zero-order chi connectivity index (χ0) is 16.2. The van der Waals surface area contributed by atoms with E-state index in [2.05, 4.69) is 21.1 Å². The van der Waals surface area contributed by atoms with Crippen LogP contribution in [0.25, 0.3) is 0 Å². The van der Waals surface area contributed by atoms with E-state index in [1.165, 1.54) is 12.1 Å². The highest BCUT2D eigenvalue weighted by molar-refractivity contribution is 9.10. The van der Waals surface area contributed by atoms with E-state index in [-0.39, 0.29) is 15.9 Å². The number of benzene rings is 1. The number of nitrogens with two attached hydrogens (primary N) is 1. The normalized spacial score (nSPS) is 13.8. The molecule has 0 fully saturated rings. The molecule has 0 aliphatic heterocycles. The fraction of sp³-hybridized carbons (Fsp3) is 0.300. The summed E-state index contributed by atoms with van der Waals surface area (Å²) in [5.74, 6) is -3.57. The van der Waals surface area contributed by atoms with E-state index in [4.69, 9.17) is 15.7 Å². The van der Waals surface area contributed by atoms with E-state index in [1.54, 1.807) is 0 Å². The third kappa shape index (κ3) is 4.21. The van der Waals surface area contributed by atoms with Crippen LogP contribution in [-0.2, 0) is 0 Å². The summed E-state index contributed by atoms with van der Waals surface area (Å²) >= 11 is 2.88. The van der Waals surface area contributed by atoms with Gasteiger partial charge in [-0.25, -0.2) is 0 Å². The Morgan fingerprint density at radius 2 is 2.19 bits per heavy atom. The van der Waals surface area contributed by atoms with Gasteiger partial charge in [0.1, 0.15) is 22.7 Å². The molecule has 11 heteroatoms. The summed E-state index contributed by atoms with van der Waals surface area (Å²) in [6, 6.07) is 3.66. The fourth-order valence-corrected chi connectivity index (χ4v) is 1.87. The van der Waals surface area contributed by atoms with Gasteiger partial charge in [0.05, 0.1) is 4.92 Å². The third-order valence-corrected chi connectivity index (χ3v) is 3.21. The zero-order valence-corrected chi connectivity index (χ0v) is 11.8. The Morgan fingerprint density at radius 3 is 2.67 bits per heavy atom. The molecular formula is C10H9BrF3N3O4. The lowest BCUT2D eigenvalue weighted by atomic mass is 10.1. The van der Waals surface area contributed by atoms with Crippen LogP contribution in [-0.4, -0.2) is 28.7 Å². The molecule has 0 aliphatic rings. The molecule has 1 rings (SSSR count). The predicted molar refractivity (Wildman–Crippen MR) is 69.2 cm³/mol. The van der Waals surface area contributed by atoms with Gasteiger partial charge in [-0.05, 0) is 22.0 Å². The number of ether oxygens (including phenoxy) is 1. The Labute approximate surface area is 124 Å². The highest BCUT2D eigenvalue weighted by Crippen LogP contribution is 2.35. The van der Waals surface area contributed by atoms with Crippen molar-refractivity contribution in [3.8, 4) is 5.75 Å². The molecule has 0 heterocycles. The summed E-state index contributed by atoms with van der Waals surface area (Å²) in [4.78, 5) is 9.97. The van der Waals surface area contributed by atoms with Gasteiger partial charge in [0, 0.05) is 6.07 Å². The number of amidine groups is 1. The first-order chi connectivity index (χ1) is 9.68. The van der Waals surface area contributed by atoms with Gasteiger partial charge in [0.15, 0.2) is 5.84 Å². The van der Waals surface area contributed by atoms with Crippen molar-refractivity contribution in [3.05, 3.63) is 32.8 Å². The maximum atomic E-state index is 12.7. The number of alkyl halides is 3. The summed E-state index contributed by atoms with van der Waals surface area (Å²) in [5, 5.41) is 21.4. The Balaban J connectivity index is 2.97. The summed E-state index contributed by atoms with van der Waals surface area (Å²) in [6.07, 6.45) is -4.79. The highest BCUT2D eigenvalue weighted by atomic mass is 79.9. The number of nitro benzene ring substituents is 1. The topological polar surface area (TPSA) is 111 Å². The van der Waals surface area contributed by atoms with Gasteiger partial charge < -0.3 is 15.7 Å². The molecule has 1 aromatic carbocycles. The van der Waals surface area contributed by atoms with Crippen molar-refractivity contribution < 1.29 is 28.0 Å². The maximum absolute atomic E-state index is 12.7. The molecule has 0 saturated heterocycles. The van der Waals surface area contributed by atoms with Crippen molar-refractivity contribution in [1.29, 1.82) is 0 Å². The quantitative estimate of drug-likeness (QED) is 0.271. The summed E-state index contributed by atoms with van der Waals surface area (Å²) < 4.78 is 42.9. The zero-order valence-electron chi connectivity index (χ0n) is 10.2. The van der Waals surface area contributed by atoms with Gasteiger partial charge in [0.25, 0.3) is 5.69 Å². The third-order valence-electron chi connectivity index (χ3n) is 2.41. The second-order valence-corrected chi connectivity index (χ2v) is 4.57. The van der Waals surface area contributed by atoms with E-state index in [0.717, 1.165) is 6.07 Å². The number of hydrogen-bond acceptors (Lipinski definition) is 5. The van der Waals surface area contributed by atoms with E-state index in [0.29, 0.717) is 0 Å². The monoisotopic (exact) mass is 371 g/mol. The van der Waals surface area contributed by atoms with Crippen LogP contribution in [0.4, 0.5) is 18.9 Å². The number of oxime groups is 1. The van der Waals surface area contributed by atoms with Crippen molar-refractivity contribution in [1.82, 2.24) is 0 Å². The average Bonchev–Trinajstić information content (AvgIpc) is 2.38. The molecule has 1 atom stereocenters. The molecule has 0 saturated carbocycles. The van der Waals surface area contributed by atoms with Crippen LogP contribution in [0.5, 0.6) is 5.75 Å². The van der Waals surface area contributed by atoms with Crippen molar-refractivity contribution in [2.45, 2.75) is 6.18 Å². The molecule has 3 N–H and O–H groups in total. The van der Waals surface area contributed by atoms with Crippen LogP contribution < -0.4 is 10.5 Å². The minimum Gasteiger partial charge on any atom is -0.491 e. The minimum atomic E-state index is -4.79. The molecule has 7 nitrogen and oxygen atoms in total. The van der Waals surface area contributed by atoms with Crippen LogP contribution in [0.3, 0.4) is 0 Å². The number of halogens is 4. The van der Waals surface area contributed by atoms with Gasteiger partial charge in [0.2, 0.25) is 0 Å². The molecular weight excluding hydrogens is 363 g/mol. The second kappa shape index (κ2) is 6.61. The van der Waals surface area contributed by atoms with E-state index in [9.17, 15) is 23.3 Å². The minimum absolute atomic E-state index is 0.101. The number of rotatable bonds is 5. The van der Waals surface area contributed by atoms with Crippen LogP contribution in [0, 0.1) is 16.0 Å². The summed E-state index contributed by atoms with van der Waals surface area (Å²) in [5.41, 5.74) is 4.60. The number of nitrogens with zero attached hydrogens (tertiary/aromatic N) is 2. The van der Waals surface area contributed by atoms with Crippen molar-refractivity contribution in [2.24, 2.45) is 16.8 Å². The summed E-state index contributed by atoms with van der Waals surface area (Å²) in [6.45, 7) is -0.987. The Bertz CT molecular complexity index is 565. The van der Waals surface area contributed by atoms with Crippen LogP contribution >= 0.6 is 15.9 Å². The Hall–Kier alpha value is -2.04. The molecule has 0 spiro atoms. The maximum Gasteiger partial charge on any atom is 0.402 e. The SMILES string of the molecule is N/C(=N/O)C(COc1cccc([N+](=O)[O-])c1Br)C(F)(F)F. The molecule has 0 radical (unpaired) electrons. The number of nitro groups is 1. The van der Waals surface area contributed by atoms with Gasteiger partial charge in [-0.2, -0.15) is 13.2 Å². The molecule has 116 valence electrons. The Kier molecular flexibility index (Phi) is 5.35. The van der Waals surface area contributed by atoms with Crippen LogP contribution in [0.1, 0.15) is 0 Å². The van der Waals surface area contributed by atoms with Crippen LogP contribution in [0.2, 0.25) is 0 Å². The van der Waals surface area contributed by atoms with Gasteiger partial charge in [-0.15, -0.1) is 0 Å². The molecule has 21 heavy (non-hydrogen) atoms. The molecule has 0 amide bonds. The molecule has 0 aromatic heterocycles. The first-order valence-corrected chi connectivity index (χ1v) is 6.07. The molecule has 0 aliphatic carbocycles. The number of hydrogen-bond donors (Lipinski definition) is 2. The van der Waals surface area contributed by atoms with E-state index < -0.39 is 29.5 Å². The fourth-order valence-electron chi connectivity index (χ4n) is 1.34. The molecule has 0 bridgehead atoms. The van der Waals surface area contributed by atoms with Crippen molar-refractivity contribution in [2.75, 3.05) is 6.61 Å². The van der Waals surface area contributed by atoms with E-state index in [1.807, 2.05) is 0 Å². The van der Waals surface area contributed by atoms with Crippen molar-refractivity contribution in [3.63, 3.8) is 0 Å². The lowest BCUT2D eigenvalue weighted by Crippen LogP contribution is -2.40. The second-order valence-electron chi connectivity index (χ2n) is 3.78. The standard InChI is InChI=1S/C10H9BrF3N3O4/c11-8-6(17(19)20)2-1-3-7(8)21-4-5(9(15)16-18)10(12,13)14/h1-3,5,18H,4H2,(H2,15,16). The van der Waals surface area contributed by atoms with Crippen molar-refractivity contribution >= 4 is 27.5 Å². The lowest BCUT2D eigenvalue weighted by Gasteiger charge is -2.19. The largest absolute Gasteiger partial charge is 0.491 e. The first kappa shape index (κ1) is 17.0. The predicted octanol–water partition coefficient (Wildman–Crippen LogP) is 2.66. The van der Waals surface area contributed by atoms with Gasteiger partial charge in [-0.3, -0.25) is 10.1 Å².